The van der Waals surface area contributed by atoms with Crippen LogP contribution in [-0.4, -0.2) is 42.3 Å². The Hall–Kier alpha value is -3.41. The van der Waals surface area contributed by atoms with Crippen LogP contribution >= 0.6 is 0 Å². The van der Waals surface area contributed by atoms with E-state index in [1.54, 1.807) is 59.5 Å². The molecule has 0 aliphatic carbocycles. The SMILES string of the molecule is C=CCNC(=O)C1CCCN(C(=O)c2ccc(NC(=O)c3ccccc3)cc2)C1. The lowest BCUT2D eigenvalue weighted by Crippen LogP contribution is -2.45. The molecule has 1 unspecified atom stereocenters. The Bertz CT molecular complexity index is 878. The summed E-state index contributed by atoms with van der Waals surface area (Å²) in [6.45, 7) is 5.07. The van der Waals surface area contributed by atoms with Crippen molar-refractivity contribution in [1.82, 2.24) is 10.2 Å². The Labute approximate surface area is 170 Å². The van der Waals surface area contributed by atoms with Gasteiger partial charge in [0.2, 0.25) is 5.91 Å². The Morgan fingerprint density at radius 2 is 1.76 bits per heavy atom. The molecule has 2 N–H and O–H groups in total. The smallest absolute Gasteiger partial charge is 0.255 e. The second-order valence-electron chi connectivity index (χ2n) is 7.02. The van der Waals surface area contributed by atoms with E-state index in [1.165, 1.54) is 0 Å². The van der Waals surface area contributed by atoms with Gasteiger partial charge in [-0.2, -0.15) is 0 Å². The monoisotopic (exact) mass is 391 g/mol. The van der Waals surface area contributed by atoms with Crippen molar-refractivity contribution in [2.75, 3.05) is 25.0 Å². The molecule has 3 rings (SSSR count). The third-order valence-corrected chi connectivity index (χ3v) is 4.93. The fraction of sp³-hybridized carbons (Fsp3) is 0.261. The zero-order valence-corrected chi connectivity index (χ0v) is 16.3. The zero-order valence-electron chi connectivity index (χ0n) is 16.3. The molecule has 29 heavy (non-hydrogen) atoms. The van der Waals surface area contributed by atoms with E-state index >= 15 is 0 Å². The van der Waals surface area contributed by atoms with E-state index in [-0.39, 0.29) is 23.6 Å². The van der Waals surface area contributed by atoms with Gasteiger partial charge in [-0.15, -0.1) is 6.58 Å². The third-order valence-electron chi connectivity index (χ3n) is 4.93. The molecule has 0 spiro atoms. The molecule has 2 aromatic carbocycles. The zero-order chi connectivity index (χ0) is 20.6. The van der Waals surface area contributed by atoms with Crippen molar-refractivity contribution >= 4 is 23.4 Å². The van der Waals surface area contributed by atoms with E-state index in [0.717, 1.165) is 12.8 Å². The number of amides is 3. The van der Waals surface area contributed by atoms with Gasteiger partial charge in [0.05, 0.1) is 5.92 Å². The highest BCUT2D eigenvalue weighted by Gasteiger charge is 2.28. The molecule has 2 aromatic rings. The van der Waals surface area contributed by atoms with Crippen molar-refractivity contribution in [2.45, 2.75) is 12.8 Å². The molecule has 0 aromatic heterocycles. The lowest BCUT2D eigenvalue weighted by Gasteiger charge is -2.32. The summed E-state index contributed by atoms with van der Waals surface area (Å²) in [5, 5.41) is 5.63. The molecule has 0 saturated carbocycles. The standard InChI is InChI=1S/C23H25N3O3/c1-2-14-24-21(27)19-9-6-15-26(16-19)23(29)18-10-12-20(13-11-18)25-22(28)17-7-4-3-5-8-17/h2-5,7-8,10-13,19H,1,6,9,14-16H2,(H,24,27)(H,25,28). The number of hydrogen-bond donors (Lipinski definition) is 2. The first-order chi connectivity index (χ1) is 14.1. The summed E-state index contributed by atoms with van der Waals surface area (Å²) in [7, 11) is 0. The van der Waals surface area contributed by atoms with Crippen molar-refractivity contribution in [3.63, 3.8) is 0 Å². The van der Waals surface area contributed by atoms with Crippen molar-refractivity contribution < 1.29 is 14.4 Å². The van der Waals surface area contributed by atoms with Crippen LogP contribution in [0.1, 0.15) is 33.6 Å². The fourth-order valence-electron chi connectivity index (χ4n) is 3.36. The van der Waals surface area contributed by atoms with Gasteiger partial charge < -0.3 is 15.5 Å². The molecular formula is C23H25N3O3. The Balaban J connectivity index is 1.60. The molecule has 1 saturated heterocycles. The summed E-state index contributed by atoms with van der Waals surface area (Å²) in [6.07, 6.45) is 3.21. The molecule has 1 aliphatic rings. The number of nitrogens with zero attached hydrogens (tertiary/aromatic N) is 1. The first-order valence-corrected chi connectivity index (χ1v) is 9.73. The molecular weight excluding hydrogens is 366 g/mol. The van der Waals surface area contributed by atoms with Gasteiger partial charge in [-0.3, -0.25) is 14.4 Å². The van der Waals surface area contributed by atoms with Crippen molar-refractivity contribution in [1.29, 1.82) is 0 Å². The number of piperidine rings is 1. The topological polar surface area (TPSA) is 78.5 Å². The lowest BCUT2D eigenvalue weighted by atomic mass is 9.96. The number of benzene rings is 2. The van der Waals surface area contributed by atoms with Crippen LogP contribution in [-0.2, 0) is 4.79 Å². The average molecular weight is 391 g/mol. The number of nitrogens with one attached hydrogen (secondary N) is 2. The second kappa shape index (κ2) is 9.68. The molecule has 0 bridgehead atoms. The molecule has 3 amide bonds. The summed E-state index contributed by atoms with van der Waals surface area (Å²) in [5.74, 6) is -0.542. The number of rotatable bonds is 6. The minimum atomic E-state index is -0.200. The minimum Gasteiger partial charge on any atom is -0.352 e. The maximum Gasteiger partial charge on any atom is 0.255 e. The predicted octanol–water partition coefficient (Wildman–Crippen LogP) is 3.09. The van der Waals surface area contributed by atoms with Gasteiger partial charge in [-0.25, -0.2) is 0 Å². The van der Waals surface area contributed by atoms with Gasteiger partial charge in [0.15, 0.2) is 0 Å². The van der Waals surface area contributed by atoms with Gasteiger partial charge in [0, 0.05) is 36.4 Å². The van der Waals surface area contributed by atoms with E-state index in [0.29, 0.717) is 36.4 Å². The summed E-state index contributed by atoms with van der Waals surface area (Å²) in [5.41, 5.74) is 1.73. The van der Waals surface area contributed by atoms with E-state index in [1.807, 2.05) is 6.07 Å². The van der Waals surface area contributed by atoms with Crippen LogP contribution in [0.5, 0.6) is 0 Å². The maximum absolute atomic E-state index is 12.8. The highest BCUT2D eigenvalue weighted by Crippen LogP contribution is 2.20. The summed E-state index contributed by atoms with van der Waals surface area (Å²) in [6, 6.07) is 15.8. The molecule has 6 heteroatoms. The van der Waals surface area contributed by atoms with Gasteiger partial charge in [-0.1, -0.05) is 24.3 Å². The van der Waals surface area contributed by atoms with Gasteiger partial charge in [0.1, 0.15) is 0 Å². The Kier molecular flexibility index (Phi) is 6.79. The van der Waals surface area contributed by atoms with Crippen molar-refractivity contribution in [3.8, 4) is 0 Å². The van der Waals surface area contributed by atoms with Gasteiger partial charge >= 0.3 is 0 Å². The normalized spacial score (nSPS) is 16.0. The van der Waals surface area contributed by atoms with Crippen molar-refractivity contribution in [2.24, 2.45) is 5.92 Å². The Morgan fingerprint density at radius 1 is 1.03 bits per heavy atom. The highest BCUT2D eigenvalue weighted by atomic mass is 16.2. The summed E-state index contributed by atoms with van der Waals surface area (Å²) in [4.78, 5) is 39.0. The predicted molar refractivity (Wildman–Crippen MR) is 113 cm³/mol. The molecule has 1 aliphatic heterocycles. The quantitative estimate of drug-likeness (QED) is 0.743. The number of carbonyl (C=O) groups excluding carboxylic acids is 3. The van der Waals surface area contributed by atoms with Crippen LogP contribution in [0.25, 0.3) is 0 Å². The fourth-order valence-corrected chi connectivity index (χ4v) is 3.36. The lowest BCUT2D eigenvalue weighted by molar-refractivity contribution is -0.126. The molecule has 150 valence electrons. The first kappa shape index (κ1) is 20.3. The van der Waals surface area contributed by atoms with Crippen LogP contribution < -0.4 is 10.6 Å². The van der Waals surface area contributed by atoms with Gasteiger partial charge in [-0.05, 0) is 49.2 Å². The van der Waals surface area contributed by atoms with E-state index in [9.17, 15) is 14.4 Å². The molecule has 1 fully saturated rings. The van der Waals surface area contributed by atoms with Gasteiger partial charge in [0.25, 0.3) is 11.8 Å². The van der Waals surface area contributed by atoms with Crippen molar-refractivity contribution in [3.05, 3.63) is 78.4 Å². The van der Waals surface area contributed by atoms with E-state index in [4.69, 9.17) is 0 Å². The Morgan fingerprint density at radius 3 is 2.45 bits per heavy atom. The second-order valence-corrected chi connectivity index (χ2v) is 7.02. The number of carbonyl (C=O) groups is 3. The van der Waals surface area contributed by atoms with Crippen LogP contribution in [0.15, 0.2) is 67.3 Å². The summed E-state index contributed by atoms with van der Waals surface area (Å²) < 4.78 is 0. The largest absolute Gasteiger partial charge is 0.352 e. The maximum atomic E-state index is 12.8. The number of likely N-dealkylation sites (tertiary alicyclic amines) is 1. The highest BCUT2D eigenvalue weighted by molar-refractivity contribution is 6.04. The third kappa shape index (κ3) is 5.31. The van der Waals surface area contributed by atoms with Crippen LogP contribution in [0.2, 0.25) is 0 Å². The van der Waals surface area contributed by atoms with Crippen LogP contribution in [0.4, 0.5) is 5.69 Å². The average Bonchev–Trinajstić information content (AvgIpc) is 2.78. The molecule has 6 nitrogen and oxygen atoms in total. The first-order valence-electron chi connectivity index (χ1n) is 9.73. The molecule has 1 heterocycles. The molecule has 1 atom stereocenters. The van der Waals surface area contributed by atoms with Crippen LogP contribution in [0.3, 0.4) is 0 Å². The minimum absolute atomic E-state index is 0.0404. The number of hydrogen-bond acceptors (Lipinski definition) is 3. The number of anilines is 1. The van der Waals surface area contributed by atoms with E-state index in [2.05, 4.69) is 17.2 Å². The molecule has 0 radical (unpaired) electrons. The van der Waals surface area contributed by atoms with E-state index < -0.39 is 0 Å². The summed E-state index contributed by atoms with van der Waals surface area (Å²) >= 11 is 0. The van der Waals surface area contributed by atoms with Crippen LogP contribution in [0, 0.1) is 5.92 Å².